The summed E-state index contributed by atoms with van der Waals surface area (Å²) in [4.78, 5) is 0. The summed E-state index contributed by atoms with van der Waals surface area (Å²) < 4.78 is 4.59. The Morgan fingerprint density at radius 2 is 1.58 bits per heavy atom. The topological polar surface area (TPSA) is 39.2 Å². The van der Waals surface area contributed by atoms with Gasteiger partial charge in [0.05, 0.1) is 12.0 Å². The summed E-state index contributed by atoms with van der Waals surface area (Å²) in [7, 11) is 0. The van der Waals surface area contributed by atoms with Crippen molar-refractivity contribution in [2.75, 3.05) is 5.73 Å². The number of aryl methyl sites for hydroxylation is 2. The van der Waals surface area contributed by atoms with Gasteiger partial charge in [-0.05, 0) is 64.4 Å². The highest BCUT2D eigenvalue weighted by atomic mass is 16.3. The highest BCUT2D eigenvalue weighted by molar-refractivity contribution is 6.08. The molecule has 1 heterocycles. The second-order valence-electron chi connectivity index (χ2n) is 6.35. The maximum Gasteiger partial charge on any atom is 0.113 e. The van der Waals surface area contributed by atoms with Crippen LogP contribution in [-0.2, 0) is 12.8 Å². The van der Waals surface area contributed by atoms with Gasteiger partial charge in [0.15, 0.2) is 0 Å². The average Bonchev–Trinajstić information content (AvgIpc) is 3.12. The third-order valence-electron chi connectivity index (χ3n) is 4.80. The summed E-state index contributed by atoms with van der Waals surface area (Å²) in [5.74, 6) is 0. The molecule has 0 bridgehead atoms. The number of fused-ring (bicyclic) bond motifs is 5. The smallest absolute Gasteiger partial charge is 0.113 e. The predicted octanol–water partition coefficient (Wildman–Crippen LogP) is 5.73. The number of nitrogen functional groups attached to an aromatic ring is 1. The molecule has 1 aromatic heterocycles. The number of furan rings is 1. The molecule has 0 radical (unpaired) electrons. The number of hydrogen-bond donors (Lipinski definition) is 1. The fourth-order valence-corrected chi connectivity index (χ4v) is 3.62. The number of anilines is 1. The fraction of sp³-hybridized carbons (Fsp3) is 0.182. The number of nitrogens with two attached hydrogens (primary N) is 1. The van der Waals surface area contributed by atoms with Crippen molar-refractivity contribution >= 4 is 27.2 Å². The predicted molar refractivity (Wildman–Crippen MR) is 101 cm³/mol. The Labute approximate surface area is 141 Å². The molecule has 0 amide bonds. The van der Waals surface area contributed by atoms with Crippen molar-refractivity contribution in [1.29, 1.82) is 0 Å². The zero-order valence-corrected chi connectivity index (χ0v) is 13.7. The average molecular weight is 315 g/mol. The molecule has 2 heteroatoms. The molecule has 0 fully saturated rings. The van der Waals surface area contributed by atoms with Crippen molar-refractivity contribution < 1.29 is 4.42 Å². The van der Waals surface area contributed by atoms with Crippen molar-refractivity contribution in [1.82, 2.24) is 0 Å². The highest BCUT2D eigenvalue weighted by Gasteiger charge is 2.13. The lowest BCUT2D eigenvalue weighted by Gasteiger charge is -2.18. The Balaban J connectivity index is 0.000000207. The van der Waals surface area contributed by atoms with Gasteiger partial charge in [-0.3, -0.25) is 0 Å². The molecule has 1 aliphatic carbocycles. The van der Waals surface area contributed by atoms with E-state index in [-0.39, 0.29) is 0 Å². The Hall–Kier alpha value is -2.74. The minimum absolute atomic E-state index is 0.676. The first-order valence-corrected chi connectivity index (χ1v) is 8.53. The summed E-state index contributed by atoms with van der Waals surface area (Å²) in [6.07, 6.45) is 8.24. The first-order chi connectivity index (χ1) is 11.8. The van der Waals surface area contributed by atoms with E-state index >= 15 is 0 Å². The van der Waals surface area contributed by atoms with Gasteiger partial charge < -0.3 is 10.2 Å². The first-order valence-electron chi connectivity index (χ1n) is 8.53. The third kappa shape index (κ3) is 2.76. The maximum atomic E-state index is 5.18. The van der Waals surface area contributed by atoms with Gasteiger partial charge in [-0.15, -0.1) is 0 Å². The van der Waals surface area contributed by atoms with Gasteiger partial charge in [-0.2, -0.15) is 0 Å². The van der Waals surface area contributed by atoms with Crippen LogP contribution in [0.4, 0.5) is 5.69 Å². The molecule has 0 saturated carbocycles. The lowest BCUT2D eigenvalue weighted by Crippen LogP contribution is -2.02. The fourth-order valence-electron chi connectivity index (χ4n) is 3.62. The molecule has 0 saturated heterocycles. The molecule has 120 valence electrons. The van der Waals surface area contributed by atoms with Gasteiger partial charge in [0.2, 0.25) is 0 Å². The Morgan fingerprint density at radius 3 is 2.38 bits per heavy atom. The first kappa shape index (κ1) is 14.8. The summed E-state index contributed by atoms with van der Waals surface area (Å²) in [5, 5.41) is 5.64. The Bertz CT molecular complexity index is 970. The molecule has 0 atom stereocenters. The van der Waals surface area contributed by atoms with E-state index in [1.165, 1.54) is 59.8 Å². The molecule has 0 spiro atoms. The zero-order chi connectivity index (χ0) is 16.4. The standard InChI is InChI=1S/C18H16.C4H5NO/c1-3-7-15-13(5-1)9-11-18-16-8-4-2-6-14(16)10-12-17(15)18;5-4-1-2-6-3-4/h1,3,5,7,9-12H,2,4,6,8H2;1-3H,5H2. The monoisotopic (exact) mass is 315 g/mol. The Kier molecular flexibility index (Phi) is 3.96. The van der Waals surface area contributed by atoms with Crippen LogP contribution in [-0.4, -0.2) is 0 Å². The van der Waals surface area contributed by atoms with Gasteiger partial charge in [0.25, 0.3) is 0 Å². The van der Waals surface area contributed by atoms with E-state index in [0.717, 1.165) is 0 Å². The van der Waals surface area contributed by atoms with Crippen molar-refractivity contribution in [2.45, 2.75) is 25.7 Å². The SMILES string of the molecule is Nc1ccoc1.c1ccc2c(c1)ccc1c3c(ccc12)CCCC3. The molecule has 24 heavy (non-hydrogen) atoms. The van der Waals surface area contributed by atoms with Crippen LogP contribution >= 0.6 is 0 Å². The van der Waals surface area contributed by atoms with E-state index in [2.05, 4.69) is 52.9 Å². The van der Waals surface area contributed by atoms with Gasteiger partial charge in [0.1, 0.15) is 6.26 Å². The molecule has 4 aromatic rings. The lowest BCUT2D eigenvalue weighted by molar-refractivity contribution is 0.568. The quantitative estimate of drug-likeness (QED) is 0.421. The molecule has 1 aliphatic rings. The Morgan fingerprint density at radius 1 is 0.750 bits per heavy atom. The number of benzene rings is 3. The summed E-state index contributed by atoms with van der Waals surface area (Å²) in [6.45, 7) is 0. The summed E-state index contributed by atoms with van der Waals surface area (Å²) >= 11 is 0. The largest absolute Gasteiger partial charge is 0.470 e. The van der Waals surface area contributed by atoms with Crippen LogP contribution in [0.15, 0.2) is 71.5 Å². The second kappa shape index (κ2) is 6.40. The lowest BCUT2D eigenvalue weighted by atomic mass is 9.86. The molecule has 5 rings (SSSR count). The van der Waals surface area contributed by atoms with E-state index in [1.807, 2.05) is 0 Å². The van der Waals surface area contributed by atoms with Crippen molar-refractivity contribution in [2.24, 2.45) is 0 Å². The van der Waals surface area contributed by atoms with Gasteiger partial charge in [-0.25, -0.2) is 0 Å². The van der Waals surface area contributed by atoms with Crippen LogP contribution < -0.4 is 5.73 Å². The minimum Gasteiger partial charge on any atom is -0.470 e. The number of hydrogen-bond acceptors (Lipinski definition) is 2. The van der Waals surface area contributed by atoms with E-state index in [1.54, 1.807) is 17.2 Å². The molecular weight excluding hydrogens is 294 g/mol. The molecule has 2 N–H and O–H groups in total. The van der Waals surface area contributed by atoms with Crippen LogP contribution in [0.25, 0.3) is 21.5 Å². The van der Waals surface area contributed by atoms with Crippen LogP contribution in [0.3, 0.4) is 0 Å². The maximum absolute atomic E-state index is 5.18. The van der Waals surface area contributed by atoms with Crippen LogP contribution in [0, 0.1) is 0 Å². The van der Waals surface area contributed by atoms with Gasteiger partial charge in [-0.1, -0.05) is 48.5 Å². The van der Waals surface area contributed by atoms with Crippen molar-refractivity contribution in [3.05, 3.63) is 78.3 Å². The molecule has 3 aromatic carbocycles. The summed E-state index contributed by atoms with van der Waals surface area (Å²) in [5.41, 5.74) is 9.03. The van der Waals surface area contributed by atoms with Crippen molar-refractivity contribution in [3.63, 3.8) is 0 Å². The molecule has 0 unspecified atom stereocenters. The molecule has 0 aliphatic heterocycles. The molecular formula is C22H21NO. The number of rotatable bonds is 0. The van der Waals surface area contributed by atoms with E-state index in [4.69, 9.17) is 5.73 Å². The van der Waals surface area contributed by atoms with Crippen molar-refractivity contribution in [3.8, 4) is 0 Å². The second-order valence-corrected chi connectivity index (χ2v) is 6.35. The van der Waals surface area contributed by atoms with Gasteiger partial charge in [0, 0.05) is 0 Å². The highest BCUT2D eigenvalue weighted by Crippen LogP contribution is 2.33. The van der Waals surface area contributed by atoms with Gasteiger partial charge >= 0.3 is 0 Å². The van der Waals surface area contributed by atoms with E-state index < -0.39 is 0 Å². The molecule has 2 nitrogen and oxygen atoms in total. The van der Waals surface area contributed by atoms with Crippen LogP contribution in [0.1, 0.15) is 24.0 Å². The summed E-state index contributed by atoms with van der Waals surface area (Å²) in [6, 6.07) is 19.7. The normalized spacial score (nSPS) is 13.3. The van der Waals surface area contributed by atoms with Crippen LogP contribution in [0.2, 0.25) is 0 Å². The zero-order valence-electron chi connectivity index (χ0n) is 13.7. The minimum atomic E-state index is 0.676. The van der Waals surface area contributed by atoms with E-state index in [0.29, 0.717) is 5.69 Å². The van der Waals surface area contributed by atoms with Crippen LogP contribution in [0.5, 0.6) is 0 Å². The third-order valence-corrected chi connectivity index (χ3v) is 4.80. The van der Waals surface area contributed by atoms with E-state index in [9.17, 15) is 0 Å².